The summed E-state index contributed by atoms with van der Waals surface area (Å²) in [6.07, 6.45) is 1.62. The van der Waals surface area contributed by atoms with Crippen molar-refractivity contribution in [2.24, 2.45) is 0 Å². The highest BCUT2D eigenvalue weighted by Crippen LogP contribution is 2.35. The molecule has 1 aliphatic rings. The first kappa shape index (κ1) is 25.8. The average Bonchev–Trinajstić information content (AvgIpc) is 3.14. The summed E-state index contributed by atoms with van der Waals surface area (Å²) in [5, 5.41) is -0.351. The van der Waals surface area contributed by atoms with Crippen LogP contribution in [-0.2, 0) is 4.79 Å². The molecule has 9 heteroatoms. The molecule has 1 aliphatic heterocycles. The van der Waals surface area contributed by atoms with E-state index in [-0.39, 0.29) is 30.0 Å². The Bertz CT molecular complexity index is 1310. The van der Waals surface area contributed by atoms with Gasteiger partial charge in [0.15, 0.2) is 11.5 Å². The Morgan fingerprint density at radius 1 is 0.972 bits per heavy atom. The molecule has 36 heavy (non-hydrogen) atoms. The first-order valence-corrected chi connectivity index (χ1v) is 13.0. The molecule has 1 heterocycles. The van der Waals surface area contributed by atoms with Gasteiger partial charge in [-0.05, 0) is 89.3 Å². The van der Waals surface area contributed by atoms with E-state index < -0.39 is 5.97 Å². The van der Waals surface area contributed by atoms with Crippen LogP contribution in [0.5, 0.6) is 17.2 Å². The van der Waals surface area contributed by atoms with Crippen molar-refractivity contribution in [3.63, 3.8) is 0 Å². The van der Waals surface area contributed by atoms with Crippen molar-refractivity contribution in [3.8, 4) is 17.2 Å². The number of hydrogen-bond acceptors (Lipinski definition) is 7. The third-order valence-electron chi connectivity index (χ3n) is 5.06. The van der Waals surface area contributed by atoms with Gasteiger partial charge in [0.1, 0.15) is 12.4 Å². The Morgan fingerprint density at radius 3 is 2.47 bits per heavy atom. The van der Waals surface area contributed by atoms with Crippen LogP contribution in [0.25, 0.3) is 6.08 Å². The topological polar surface area (TPSA) is 82.1 Å². The van der Waals surface area contributed by atoms with E-state index in [0.29, 0.717) is 34.1 Å². The number of hydrogen-bond donors (Lipinski definition) is 0. The molecular formula is C27H22INO6S. The molecule has 0 spiro atoms. The maximum atomic E-state index is 12.8. The lowest BCUT2D eigenvalue weighted by atomic mass is 10.1. The van der Waals surface area contributed by atoms with Gasteiger partial charge in [0.25, 0.3) is 11.1 Å². The normalized spacial score (nSPS) is 14.3. The van der Waals surface area contributed by atoms with Crippen LogP contribution in [0, 0.1) is 3.57 Å². The highest BCUT2D eigenvalue weighted by Gasteiger charge is 2.34. The number of carbonyl (C=O) groups excluding carboxylic acids is 3. The Balaban J connectivity index is 1.46. The second kappa shape index (κ2) is 12.1. The molecular weight excluding hydrogens is 593 g/mol. The maximum Gasteiger partial charge on any atom is 0.344 e. The third kappa shape index (κ3) is 6.27. The summed E-state index contributed by atoms with van der Waals surface area (Å²) in [5.74, 6) is 0.429. The van der Waals surface area contributed by atoms with Crippen LogP contribution in [0.1, 0.15) is 22.8 Å². The van der Waals surface area contributed by atoms with Gasteiger partial charge >= 0.3 is 5.97 Å². The molecule has 0 N–H and O–H groups in total. The van der Waals surface area contributed by atoms with Crippen molar-refractivity contribution >= 4 is 57.5 Å². The quantitative estimate of drug-likeness (QED) is 0.126. The molecule has 0 saturated carbocycles. The molecule has 1 saturated heterocycles. The summed E-state index contributed by atoms with van der Waals surface area (Å²) in [6.45, 7) is 2.52. The molecule has 0 unspecified atom stereocenters. The number of ether oxygens (including phenoxy) is 3. The molecule has 7 nitrogen and oxygen atoms in total. The lowest BCUT2D eigenvalue weighted by Gasteiger charge is -2.13. The van der Waals surface area contributed by atoms with Gasteiger partial charge in [0, 0.05) is 3.57 Å². The second-order valence-corrected chi connectivity index (χ2v) is 9.66. The van der Waals surface area contributed by atoms with Crippen molar-refractivity contribution in [2.45, 2.75) is 6.92 Å². The minimum Gasteiger partial charge on any atom is -0.492 e. The van der Waals surface area contributed by atoms with Crippen LogP contribution < -0.4 is 14.2 Å². The molecule has 184 valence electrons. The summed E-state index contributed by atoms with van der Waals surface area (Å²) in [5.41, 5.74) is 1.09. The third-order valence-corrected chi connectivity index (χ3v) is 6.91. The van der Waals surface area contributed by atoms with E-state index >= 15 is 0 Å². The number of para-hydroxylation sites is 1. The zero-order valence-corrected chi connectivity index (χ0v) is 22.3. The van der Waals surface area contributed by atoms with Gasteiger partial charge in [-0.3, -0.25) is 14.5 Å². The number of benzene rings is 3. The van der Waals surface area contributed by atoms with Gasteiger partial charge in [0.2, 0.25) is 0 Å². The highest BCUT2D eigenvalue weighted by molar-refractivity contribution is 14.1. The Morgan fingerprint density at radius 2 is 1.72 bits per heavy atom. The first-order chi connectivity index (χ1) is 17.5. The number of halogens is 1. The van der Waals surface area contributed by atoms with E-state index in [2.05, 4.69) is 22.6 Å². The fraction of sp³-hybridized carbons (Fsp3) is 0.148. The summed E-state index contributed by atoms with van der Waals surface area (Å²) < 4.78 is 17.7. The van der Waals surface area contributed by atoms with Gasteiger partial charge in [0.05, 0.1) is 23.6 Å². The van der Waals surface area contributed by atoms with Crippen molar-refractivity contribution < 1.29 is 28.6 Å². The molecule has 3 aromatic rings. The number of amides is 2. The van der Waals surface area contributed by atoms with Gasteiger partial charge in [-0.15, -0.1) is 0 Å². The maximum absolute atomic E-state index is 12.8. The second-order valence-electron chi connectivity index (χ2n) is 7.50. The Hall–Kier alpha value is -3.31. The van der Waals surface area contributed by atoms with Gasteiger partial charge in [-0.1, -0.05) is 36.4 Å². The fourth-order valence-corrected chi connectivity index (χ4v) is 4.84. The molecule has 0 aliphatic carbocycles. The van der Waals surface area contributed by atoms with E-state index in [0.717, 1.165) is 15.3 Å². The average molecular weight is 615 g/mol. The largest absolute Gasteiger partial charge is 0.492 e. The number of esters is 1. The predicted octanol–water partition coefficient (Wildman–Crippen LogP) is 6.02. The van der Waals surface area contributed by atoms with Crippen LogP contribution in [-0.4, -0.2) is 41.8 Å². The number of thioether (sulfide) groups is 1. The zero-order valence-electron chi connectivity index (χ0n) is 19.3. The van der Waals surface area contributed by atoms with Gasteiger partial charge < -0.3 is 14.2 Å². The van der Waals surface area contributed by atoms with Crippen molar-refractivity contribution in [1.29, 1.82) is 0 Å². The first-order valence-electron chi connectivity index (χ1n) is 11.1. The summed E-state index contributed by atoms with van der Waals surface area (Å²) in [7, 11) is 0. The predicted molar refractivity (Wildman–Crippen MR) is 146 cm³/mol. The summed E-state index contributed by atoms with van der Waals surface area (Å²) in [4.78, 5) is 39.4. The Kier molecular flexibility index (Phi) is 8.65. The lowest BCUT2D eigenvalue weighted by Crippen LogP contribution is -2.32. The minimum absolute atomic E-state index is 0.147. The van der Waals surface area contributed by atoms with Crippen molar-refractivity contribution in [2.75, 3.05) is 19.8 Å². The monoisotopic (exact) mass is 615 g/mol. The molecule has 3 aromatic carbocycles. The van der Waals surface area contributed by atoms with E-state index in [4.69, 9.17) is 14.2 Å². The smallest absolute Gasteiger partial charge is 0.344 e. The van der Waals surface area contributed by atoms with Crippen molar-refractivity contribution in [1.82, 2.24) is 4.90 Å². The van der Waals surface area contributed by atoms with Crippen molar-refractivity contribution in [3.05, 3.63) is 92.4 Å². The van der Waals surface area contributed by atoms with E-state index in [1.165, 1.54) is 4.90 Å². The SMILES string of the molecule is CCOc1cc(/C=C2\SC(=O)N(CCOc3ccccc3)C2=O)ccc1OC(=O)c1ccccc1I. The molecule has 2 amide bonds. The number of rotatable bonds is 9. The van der Waals surface area contributed by atoms with Gasteiger partial charge in [-0.2, -0.15) is 0 Å². The fourth-order valence-electron chi connectivity index (χ4n) is 3.36. The molecule has 1 fully saturated rings. The summed E-state index contributed by atoms with van der Waals surface area (Å²) in [6, 6.07) is 21.3. The number of imide groups is 1. The number of carbonyl (C=O) groups is 3. The lowest BCUT2D eigenvalue weighted by molar-refractivity contribution is -0.123. The highest BCUT2D eigenvalue weighted by atomic mass is 127. The molecule has 4 rings (SSSR count). The standard InChI is InChI=1S/C27H22INO6S/c1-2-33-23-16-18(12-13-22(23)35-26(31)20-10-6-7-11-21(20)28)17-24-25(30)29(27(32)36-24)14-15-34-19-8-4-3-5-9-19/h3-13,16-17H,2,14-15H2,1H3/b24-17-. The number of nitrogens with zero attached hydrogens (tertiary/aromatic N) is 1. The van der Waals surface area contributed by atoms with Crippen LogP contribution in [0.2, 0.25) is 0 Å². The molecule has 0 bridgehead atoms. The zero-order chi connectivity index (χ0) is 25.5. The van der Waals surface area contributed by atoms with Crippen LogP contribution >= 0.6 is 34.4 Å². The van der Waals surface area contributed by atoms with E-state index in [1.54, 1.807) is 36.4 Å². The van der Waals surface area contributed by atoms with Crippen LogP contribution in [0.3, 0.4) is 0 Å². The molecule has 0 radical (unpaired) electrons. The molecule has 0 atom stereocenters. The summed E-state index contributed by atoms with van der Waals surface area (Å²) >= 11 is 2.95. The van der Waals surface area contributed by atoms with E-state index in [9.17, 15) is 14.4 Å². The van der Waals surface area contributed by atoms with Crippen LogP contribution in [0.4, 0.5) is 4.79 Å². The molecule has 0 aromatic heterocycles. The minimum atomic E-state index is -0.493. The van der Waals surface area contributed by atoms with Crippen LogP contribution in [0.15, 0.2) is 77.7 Å². The van der Waals surface area contributed by atoms with Gasteiger partial charge in [-0.25, -0.2) is 4.79 Å². The Labute approximate surface area is 226 Å². The van der Waals surface area contributed by atoms with E-state index in [1.807, 2.05) is 49.4 Å².